The van der Waals surface area contributed by atoms with Crippen molar-refractivity contribution in [3.63, 3.8) is 0 Å². The Morgan fingerprint density at radius 1 is 0.308 bits per heavy atom. The van der Waals surface area contributed by atoms with Crippen molar-refractivity contribution < 1.29 is 95.0 Å². The average Bonchev–Trinajstić information content (AvgIpc) is 0.943. The minimum Gasteiger partial charge on any atom is -0.456 e. The molecule has 0 heterocycles. The van der Waals surface area contributed by atoms with Gasteiger partial charge in [-0.25, -0.2) is 24.0 Å². The van der Waals surface area contributed by atoms with E-state index in [2.05, 4.69) is 102 Å². The zero-order valence-corrected chi connectivity index (χ0v) is 83.0. The Bertz CT molecular complexity index is 4020. The van der Waals surface area contributed by atoms with Crippen molar-refractivity contribution in [2.45, 2.75) is 416 Å². The maximum atomic E-state index is 12.3. The molecule has 26 fully saturated rings. The van der Waals surface area contributed by atoms with Crippen LogP contribution in [0.5, 0.6) is 0 Å². The Morgan fingerprint density at radius 3 is 0.808 bits per heavy atom. The monoisotopic (exact) mass is 1810 g/mol. The molecular weight excluding hydrogens is 1640 g/mol. The van der Waals surface area contributed by atoms with Crippen LogP contribution in [-0.2, 0) is 95.0 Å². The lowest BCUT2D eigenvalue weighted by molar-refractivity contribution is -0.258. The Hall–Kier alpha value is -4.35. The molecule has 0 saturated heterocycles. The number of carbonyl (C=O) groups excluding carboxylic acids is 5. The third kappa shape index (κ3) is 23.1. The molecule has 26 saturated carbocycles. The summed E-state index contributed by atoms with van der Waals surface area (Å²) >= 11 is 0. The van der Waals surface area contributed by atoms with Gasteiger partial charge in [-0.1, -0.05) is 109 Å². The fourth-order valence-corrected chi connectivity index (χ4v) is 33.2. The van der Waals surface area contributed by atoms with Gasteiger partial charge in [0.25, 0.3) is 0 Å². The van der Waals surface area contributed by atoms with E-state index in [1.807, 2.05) is 0 Å². The van der Waals surface area contributed by atoms with E-state index in [0.29, 0.717) is 146 Å². The summed E-state index contributed by atoms with van der Waals surface area (Å²) in [5, 5.41) is 0. The molecule has 20 heteroatoms. The fourth-order valence-electron chi connectivity index (χ4n) is 33.2. The molecule has 0 aromatic heterocycles. The summed E-state index contributed by atoms with van der Waals surface area (Å²) in [5.74, 6) is 9.49. The molecule has 130 heavy (non-hydrogen) atoms. The van der Waals surface area contributed by atoms with E-state index in [4.69, 9.17) is 71.1 Å². The predicted octanol–water partition coefficient (Wildman–Crippen LogP) is 23.1. The zero-order valence-electron chi connectivity index (χ0n) is 83.0. The van der Waals surface area contributed by atoms with Crippen molar-refractivity contribution in [3.8, 4) is 0 Å². The second kappa shape index (κ2) is 37.8. The van der Waals surface area contributed by atoms with Gasteiger partial charge in [0, 0.05) is 60.5 Å². The normalized spacial score (nSPS) is 42.7. The van der Waals surface area contributed by atoms with Crippen LogP contribution in [0.4, 0.5) is 0 Å². The number of fused-ring (bicyclic) bond motifs is 2. The topological polar surface area (TPSA) is 224 Å². The summed E-state index contributed by atoms with van der Waals surface area (Å²) in [6.45, 7) is 53.0. The minimum absolute atomic E-state index is 0.142. The van der Waals surface area contributed by atoms with Gasteiger partial charge in [-0.15, -0.1) is 0 Å². The first-order chi connectivity index (χ1) is 61.1. The van der Waals surface area contributed by atoms with Crippen molar-refractivity contribution in [2.24, 2.45) is 116 Å². The summed E-state index contributed by atoms with van der Waals surface area (Å²) in [6.07, 6.45) is 47.7. The summed E-state index contributed by atoms with van der Waals surface area (Å²) in [6, 6.07) is 0. The van der Waals surface area contributed by atoms with Crippen LogP contribution in [0, 0.1) is 116 Å². The van der Waals surface area contributed by atoms with E-state index in [0.717, 1.165) is 210 Å². The summed E-state index contributed by atoms with van der Waals surface area (Å²) in [4.78, 5) is 60.6. The van der Waals surface area contributed by atoms with Crippen molar-refractivity contribution in [3.05, 3.63) is 61.3 Å². The van der Waals surface area contributed by atoms with Crippen LogP contribution in [0.15, 0.2) is 61.3 Å². The van der Waals surface area contributed by atoms with E-state index in [-0.39, 0.29) is 102 Å². The molecule has 0 aliphatic heterocycles. The van der Waals surface area contributed by atoms with Crippen LogP contribution in [0.25, 0.3) is 0 Å². The summed E-state index contributed by atoms with van der Waals surface area (Å²) < 4.78 is 91.3. The smallest absolute Gasteiger partial charge is 0.333 e. The van der Waals surface area contributed by atoms with E-state index < -0.39 is 0 Å². The van der Waals surface area contributed by atoms with Gasteiger partial charge in [-0.05, 0) is 368 Å². The maximum Gasteiger partial charge on any atom is 0.333 e. The molecular formula is C110H170O20. The van der Waals surface area contributed by atoms with E-state index in [9.17, 15) is 24.0 Å². The first kappa shape index (κ1) is 98.7. The number of hydrogen-bond acceptors (Lipinski definition) is 20. The predicted molar refractivity (Wildman–Crippen MR) is 497 cm³/mol. The highest BCUT2D eigenvalue weighted by Crippen LogP contribution is 2.68. The molecule has 20 nitrogen and oxygen atoms in total. The van der Waals surface area contributed by atoms with Gasteiger partial charge < -0.3 is 71.1 Å². The van der Waals surface area contributed by atoms with Crippen LogP contribution < -0.4 is 0 Å². The Labute approximate surface area is 780 Å². The number of esters is 5. The molecule has 26 aliphatic carbocycles. The molecule has 0 radical (unpaired) electrons. The van der Waals surface area contributed by atoms with Gasteiger partial charge in [0.1, 0.15) is 62.0 Å². The van der Waals surface area contributed by atoms with Crippen molar-refractivity contribution in [1.82, 2.24) is 0 Å². The third-order valence-corrected chi connectivity index (χ3v) is 35.9. The van der Waals surface area contributed by atoms with E-state index in [1.165, 1.54) is 102 Å². The minimum atomic E-state index is -0.344. The molecule has 0 aromatic rings. The second-order valence-corrected chi connectivity index (χ2v) is 52.3. The molecule has 13 unspecified atom stereocenters. The van der Waals surface area contributed by atoms with Crippen LogP contribution >= 0.6 is 0 Å². The standard InChI is InChI=1S/C26H38O4.C24H36O4.C21H34O4.C20H32O4.C19H30O4/c1-17(2)23(27)30-26-12-21-6-22(13-26)11-25(10-21,14-26)29-16-28-15-24-7-18-3-19(8-24)5-20(4-18)9-24;1-16(2)21(25)28-24-11-18-6-19(12-24)10-23(9-18,13-24)27-15-26-14-22(3)8-17-4-5-20(22)7-17;1-6-19(4,5)13-23-14-24-20-8-16-7-17(9-20)11-21(10-16,12-20)25-18(22)15(2)3;1-14(2)17(21)24-20-9-15-6-16(10-20)8-19(7-15,11-20)23-13-22-12-18(3,4)5;1-5-16(20)23-19-9-14-6-15(10-19)8-18(7-14,11-19)22-13-21-12-17(2,3)4/h18-22H,1,3-16H2,2H3;17-20H,1,4-15H2,2-3H3;16-17H,2,6-14H2,1,3-5H3;15-16H,1,6-13H2,2-5H3;5,14-15H,1,6-13H2,2-4H3. The van der Waals surface area contributed by atoms with E-state index >= 15 is 0 Å². The fraction of sp³-hybridized carbons (Fsp3) is 0.864. The Kier molecular flexibility index (Phi) is 28.7. The zero-order chi connectivity index (χ0) is 92.7. The van der Waals surface area contributed by atoms with Crippen molar-refractivity contribution in [2.75, 3.05) is 67.0 Å². The first-order valence-corrected chi connectivity index (χ1v) is 51.6. The van der Waals surface area contributed by atoms with Gasteiger partial charge in [-0.3, -0.25) is 0 Å². The quantitative estimate of drug-likeness (QED) is 0.0192. The van der Waals surface area contributed by atoms with Crippen LogP contribution in [0.2, 0.25) is 0 Å². The highest BCUT2D eigenvalue weighted by Gasteiger charge is 2.67. The lowest BCUT2D eigenvalue weighted by atomic mass is 9.50. The number of hydrogen-bond donors (Lipinski definition) is 0. The third-order valence-electron chi connectivity index (χ3n) is 35.9. The highest BCUT2D eigenvalue weighted by molar-refractivity contribution is 5.89. The van der Waals surface area contributed by atoms with E-state index in [1.54, 1.807) is 27.7 Å². The summed E-state index contributed by atoms with van der Waals surface area (Å²) in [5.41, 5.74) is 0.717. The molecule has 26 rings (SSSR count). The molecule has 730 valence electrons. The van der Waals surface area contributed by atoms with Crippen LogP contribution in [0.1, 0.15) is 360 Å². The first-order valence-electron chi connectivity index (χ1n) is 51.6. The molecule has 26 aliphatic rings. The van der Waals surface area contributed by atoms with Gasteiger partial charge in [-0.2, -0.15) is 0 Å². The molecule has 0 spiro atoms. The van der Waals surface area contributed by atoms with Gasteiger partial charge in [0.05, 0.1) is 61.0 Å². The number of rotatable bonds is 34. The lowest BCUT2D eigenvalue weighted by Gasteiger charge is -2.60. The molecule has 0 N–H and O–H groups in total. The van der Waals surface area contributed by atoms with Gasteiger partial charge in [0.15, 0.2) is 0 Å². The SMILES string of the molecule is C=C(C)C(=O)OC12CC3CC(CC(OCOCC(C)(C)C)(C3)C1)C2.C=C(C)C(=O)OC12CC3CC(CC(OCOCC(C)(C)CC)(C3)C1)C2.C=C(C)C(=O)OC12CC3CC(CC(OCOCC4(C)CC5CCC4C5)(C3)C1)C2.C=C(C)C(=O)OC12CC3CC(CC(OCOCC45CC6CC(CC(C6)C4)C5)(C3)C1)C2.C=CC(=O)OC12CC3CC(CC(OCOCC(C)(C)C)(C3)C1)C2. The Balaban J connectivity index is 0.000000119. The van der Waals surface area contributed by atoms with Gasteiger partial charge in [0.2, 0.25) is 0 Å². The highest BCUT2D eigenvalue weighted by atomic mass is 16.7. The number of ether oxygens (including phenoxy) is 15. The largest absolute Gasteiger partial charge is 0.456 e. The molecule has 0 aromatic carbocycles. The van der Waals surface area contributed by atoms with Crippen molar-refractivity contribution >= 4 is 29.8 Å². The number of carbonyl (C=O) groups is 5. The molecule has 13 atom stereocenters. The second-order valence-electron chi connectivity index (χ2n) is 52.3. The lowest BCUT2D eigenvalue weighted by Crippen LogP contribution is -2.61. The molecule has 0 amide bonds. The summed E-state index contributed by atoms with van der Waals surface area (Å²) in [7, 11) is 0. The van der Waals surface area contributed by atoms with Crippen LogP contribution in [-0.4, -0.2) is 153 Å². The maximum absolute atomic E-state index is 12.3. The van der Waals surface area contributed by atoms with Crippen LogP contribution in [0.3, 0.4) is 0 Å². The Morgan fingerprint density at radius 2 is 0.562 bits per heavy atom. The molecule has 26 bridgehead atoms. The van der Waals surface area contributed by atoms with Crippen molar-refractivity contribution in [1.29, 1.82) is 0 Å². The van der Waals surface area contributed by atoms with Gasteiger partial charge >= 0.3 is 29.8 Å². The average molecular weight is 1810 g/mol.